The molecule has 24 heavy (non-hydrogen) atoms. The minimum absolute atomic E-state index is 0.0821. The molecule has 0 aromatic carbocycles. The summed E-state index contributed by atoms with van der Waals surface area (Å²) in [6, 6.07) is 0.0821. The van der Waals surface area contributed by atoms with Crippen LogP contribution in [0.3, 0.4) is 0 Å². The fourth-order valence-corrected chi connectivity index (χ4v) is 3.34. The number of ether oxygens (including phenoxy) is 2. The van der Waals surface area contributed by atoms with Gasteiger partial charge in [0.2, 0.25) is 5.91 Å². The Morgan fingerprint density at radius 2 is 1.17 bits per heavy atom. The molecule has 0 aromatic rings. The lowest BCUT2D eigenvalue weighted by Gasteiger charge is -2.38. The Labute approximate surface area is 143 Å². The molecular formula is C16H28N4O4. The van der Waals surface area contributed by atoms with Crippen molar-refractivity contribution in [1.29, 1.82) is 0 Å². The van der Waals surface area contributed by atoms with Gasteiger partial charge in [-0.25, -0.2) is 4.79 Å². The first-order chi connectivity index (χ1) is 11.7. The highest BCUT2D eigenvalue weighted by Crippen LogP contribution is 2.09. The van der Waals surface area contributed by atoms with Gasteiger partial charge in [0.1, 0.15) is 0 Å². The van der Waals surface area contributed by atoms with Gasteiger partial charge in [0.25, 0.3) is 0 Å². The van der Waals surface area contributed by atoms with Crippen molar-refractivity contribution in [1.82, 2.24) is 19.6 Å². The number of nitrogens with zero attached hydrogens (tertiary/aromatic N) is 4. The van der Waals surface area contributed by atoms with Gasteiger partial charge in [0.15, 0.2) is 0 Å². The van der Waals surface area contributed by atoms with Crippen LogP contribution >= 0.6 is 0 Å². The van der Waals surface area contributed by atoms with Gasteiger partial charge in [-0.05, 0) is 0 Å². The molecule has 3 saturated heterocycles. The van der Waals surface area contributed by atoms with E-state index >= 15 is 0 Å². The van der Waals surface area contributed by atoms with E-state index in [2.05, 4.69) is 4.90 Å². The predicted molar refractivity (Wildman–Crippen MR) is 87.8 cm³/mol. The van der Waals surface area contributed by atoms with Crippen molar-refractivity contribution in [2.75, 3.05) is 85.3 Å². The first-order valence-corrected chi connectivity index (χ1v) is 8.93. The van der Waals surface area contributed by atoms with Gasteiger partial charge in [0.05, 0.1) is 26.4 Å². The van der Waals surface area contributed by atoms with Crippen LogP contribution in [0, 0.1) is 0 Å². The maximum atomic E-state index is 12.4. The highest BCUT2D eigenvalue weighted by molar-refractivity contribution is 5.78. The summed E-state index contributed by atoms with van der Waals surface area (Å²) in [5.41, 5.74) is 0. The molecule has 0 unspecified atom stereocenters. The second-order valence-electron chi connectivity index (χ2n) is 6.45. The second-order valence-corrected chi connectivity index (χ2v) is 6.45. The van der Waals surface area contributed by atoms with Crippen molar-refractivity contribution in [2.24, 2.45) is 0 Å². The van der Waals surface area contributed by atoms with Gasteiger partial charge in [-0.15, -0.1) is 0 Å². The van der Waals surface area contributed by atoms with Crippen molar-refractivity contribution in [3.05, 3.63) is 0 Å². The van der Waals surface area contributed by atoms with E-state index < -0.39 is 0 Å². The molecule has 8 nitrogen and oxygen atoms in total. The number of carbonyl (C=O) groups excluding carboxylic acids is 2. The number of morpholine rings is 2. The molecule has 3 fully saturated rings. The molecule has 0 radical (unpaired) electrons. The first-order valence-electron chi connectivity index (χ1n) is 8.93. The molecule has 3 heterocycles. The molecule has 0 aromatic heterocycles. The zero-order chi connectivity index (χ0) is 16.8. The fourth-order valence-electron chi connectivity index (χ4n) is 3.34. The van der Waals surface area contributed by atoms with Gasteiger partial charge < -0.3 is 24.2 Å². The van der Waals surface area contributed by atoms with E-state index in [1.54, 1.807) is 0 Å². The number of piperazine rings is 1. The molecule has 0 saturated carbocycles. The van der Waals surface area contributed by atoms with E-state index in [1.807, 2.05) is 14.7 Å². The maximum absolute atomic E-state index is 12.4. The number of carbonyl (C=O) groups is 2. The molecule has 0 aliphatic carbocycles. The Hall–Kier alpha value is -1.38. The summed E-state index contributed by atoms with van der Waals surface area (Å²) in [5.74, 6) is 0.194. The molecule has 136 valence electrons. The highest BCUT2D eigenvalue weighted by Gasteiger charge is 2.28. The minimum atomic E-state index is 0.0821. The largest absolute Gasteiger partial charge is 0.379 e. The van der Waals surface area contributed by atoms with Crippen molar-refractivity contribution in [2.45, 2.75) is 6.42 Å². The molecule has 0 N–H and O–H groups in total. The first kappa shape index (κ1) is 17.4. The van der Waals surface area contributed by atoms with Crippen molar-refractivity contribution in [3.8, 4) is 0 Å². The third kappa shape index (κ3) is 4.58. The van der Waals surface area contributed by atoms with Crippen LogP contribution in [0.5, 0.6) is 0 Å². The second kappa shape index (κ2) is 8.64. The Morgan fingerprint density at radius 3 is 1.79 bits per heavy atom. The molecule has 3 aliphatic rings. The van der Waals surface area contributed by atoms with Crippen molar-refractivity contribution in [3.63, 3.8) is 0 Å². The van der Waals surface area contributed by atoms with E-state index in [-0.39, 0.29) is 11.9 Å². The summed E-state index contributed by atoms with van der Waals surface area (Å²) >= 11 is 0. The minimum Gasteiger partial charge on any atom is -0.379 e. The number of amides is 3. The topological polar surface area (TPSA) is 65.6 Å². The standard InChI is InChI=1S/C16H28N4O4/c21-15(1-2-17-7-11-23-12-8-17)18-3-5-19(6-4-18)16(22)20-9-13-24-14-10-20/h1-14H2. The summed E-state index contributed by atoms with van der Waals surface area (Å²) in [7, 11) is 0. The summed E-state index contributed by atoms with van der Waals surface area (Å²) in [6.45, 7) is 9.23. The van der Waals surface area contributed by atoms with Crippen LogP contribution in [0.25, 0.3) is 0 Å². The number of hydrogen-bond donors (Lipinski definition) is 0. The predicted octanol–water partition coefficient (Wildman–Crippen LogP) is -0.695. The maximum Gasteiger partial charge on any atom is 0.320 e. The fraction of sp³-hybridized carbons (Fsp3) is 0.875. The Kier molecular flexibility index (Phi) is 6.28. The third-order valence-corrected chi connectivity index (χ3v) is 4.93. The average molecular weight is 340 g/mol. The zero-order valence-electron chi connectivity index (χ0n) is 14.3. The lowest BCUT2D eigenvalue weighted by Crippen LogP contribution is -2.55. The molecule has 0 bridgehead atoms. The Balaban J connectivity index is 1.37. The summed E-state index contributed by atoms with van der Waals surface area (Å²) < 4.78 is 10.6. The highest BCUT2D eigenvalue weighted by atomic mass is 16.5. The Morgan fingerprint density at radius 1 is 0.667 bits per heavy atom. The molecule has 3 rings (SSSR count). The van der Waals surface area contributed by atoms with Gasteiger partial charge in [-0.1, -0.05) is 0 Å². The van der Waals surface area contributed by atoms with Crippen LogP contribution in [-0.2, 0) is 14.3 Å². The normalized spacial score (nSPS) is 23.4. The van der Waals surface area contributed by atoms with Crippen LogP contribution in [-0.4, -0.2) is 117 Å². The van der Waals surface area contributed by atoms with Crippen LogP contribution in [0.4, 0.5) is 4.79 Å². The van der Waals surface area contributed by atoms with Crippen LogP contribution in [0.2, 0.25) is 0 Å². The third-order valence-electron chi connectivity index (χ3n) is 4.93. The molecule has 0 atom stereocenters. The van der Waals surface area contributed by atoms with Crippen LogP contribution in [0.15, 0.2) is 0 Å². The van der Waals surface area contributed by atoms with Crippen molar-refractivity contribution >= 4 is 11.9 Å². The van der Waals surface area contributed by atoms with Gasteiger partial charge in [0, 0.05) is 65.3 Å². The molecule has 8 heteroatoms. The van der Waals surface area contributed by atoms with E-state index in [0.29, 0.717) is 58.9 Å². The lowest BCUT2D eigenvalue weighted by atomic mass is 10.2. The molecule has 3 amide bonds. The number of urea groups is 1. The lowest BCUT2D eigenvalue weighted by molar-refractivity contribution is -0.133. The number of rotatable bonds is 3. The smallest absolute Gasteiger partial charge is 0.320 e. The zero-order valence-corrected chi connectivity index (χ0v) is 14.3. The monoisotopic (exact) mass is 340 g/mol. The average Bonchev–Trinajstić information content (AvgIpc) is 2.67. The van der Waals surface area contributed by atoms with Gasteiger partial charge in [-0.3, -0.25) is 9.69 Å². The SMILES string of the molecule is O=C(CCN1CCOCC1)N1CCN(C(=O)N2CCOCC2)CC1. The van der Waals surface area contributed by atoms with Crippen molar-refractivity contribution < 1.29 is 19.1 Å². The van der Waals surface area contributed by atoms with E-state index in [1.165, 1.54) is 0 Å². The summed E-state index contributed by atoms with van der Waals surface area (Å²) in [6.07, 6.45) is 0.553. The molecule has 0 spiro atoms. The van der Waals surface area contributed by atoms with Gasteiger partial charge >= 0.3 is 6.03 Å². The van der Waals surface area contributed by atoms with E-state index in [4.69, 9.17) is 9.47 Å². The molecular weight excluding hydrogens is 312 g/mol. The molecule has 3 aliphatic heterocycles. The van der Waals surface area contributed by atoms with E-state index in [0.717, 1.165) is 32.8 Å². The van der Waals surface area contributed by atoms with Crippen LogP contribution in [0.1, 0.15) is 6.42 Å². The van der Waals surface area contributed by atoms with Gasteiger partial charge in [-0.2, -0.15) is 0 Å². The summed E-state index contributed by atoms with van der Waals surface area (Å²) in [4.78, 5) is 32.7. The summed E-state index contributed by atoms with van der Waals surface area (Å²) in [5, 5.41) is 0. The van der Waals surface area contributed by atoms with Crippen LogP contribution < -0.4 is 0 Å². The Bertz CT molecular complexity index is 428. The van der Waals surface area contributed by atoms with E-state index in [9.17, 15) is 9.59 Å². The number of hydrogen-bond acceptors (Lipinski definition) is 5. The quantitative estimate of drug-likeness (QED) is 0.680.